The van der Waals surface area contributed by atoms with Crippen LogP contribution in [-0.4, -0.2) is 50.5 Å². The maximum atomic E-state index is 11.4. The summed E-state index contributed by atoms with van der Waals surface area (Å²) in [5.74, 6) is -1.19. The predicted molar refractivity (Wildman–Crippen MR) is 74.5 cm³/mol. The molecule has 4 N–H and O–H groups in total. The van der Waals surface area contributed by atoms with Crippen molar-refractivity contribution in [2.24, 2.45) is 5.73 Å². The van der Waals surface area contributed by atoms with Gasteiger partial charge in [0.25, 0.3) is 0 Å². The van der Waals surface area contributed by atoms with Gasteiger partial charge < -0.3 is 0 Å². The van der Waals surface area contributed by atoms with Crippen molar-refractivity contribution in [3.63, 3.8) is 0 Å². The van der Waals surface area contributed by atoms with Crippen molar-refractivity contribution in [3.05, 3.63) is 30.3 Å². The van der Waals surface area contributed by atoms with Gasteiger partial charge in [0.15, 0.2) is 0 Å². The SMILES string of the molecule is NC(CCC(=O)NCC[Te]c1ccccc1)C(=O)O. The van der Waals surface area contributed by atoms with E-state index in [-0.39, 0.29) is 39.7 Å². The predicted octanol–water partition coefficient (Wildman–Crippen LogP) is -0.257. The number of aliphatic carboxylic acids is 1. The normalized spacial score (nSPS) is 11.8. The number of nitrogens with two attached hydrogens (primary N) is 1. The van der Waals surface area contributed by atoms with Crippen molar-refractivity contribution in [2.45, 2.75) is 23.4 Å². The van der Waals surface area contributed by atoms with Gasteiger partial charge in [-0.05, 0) is 0 Å². The number of hydrogen-bond donors (Lipinski definition) is 3. The molecule has 1 unspecified atom stereocenters. The molecule has 1 atom stereocenters. The average Bonchev–Trinajstić information content (AvgIpc) is 2.42. The van der Waals surface area contributed by atoms with Crippen LogP contribution in [0, 0.1) is 0 Å². The van der Waals surface area contributed by atoms with Crippen LogP contribution in [0.15, 0.2) is 30.3 Å². The number of hydrogen-bond acceptors (Lipinski definition) is 3. The zero-order valence-electron chi connectivity index (χ0n) is 10.5. The van der Waals surface area contributed by atoms with Crippen molar-refractivity contribution >= 4 is 36.4 Å². The first-order valence-corrected chi connectivity index (χ1v) is 8.84. The van der Waals surface area contributed by atoms with Crippen molar-refractivity contribution < 1.29 is 14.7 Å². The molecule has 104 valence electrons. The molecule has 0 saturated heterocycles. The summed E-state index contributed by atoms with van der Waals surface area (Å²) in [6, 6.07) is 9.29. The third-order valence-electron chi connectivity index (χ3n) is 2.44. The van der Waals surface area contributed by atoms with Crippen LogP contribution in [0.25, 0.3) is 0 Å². The van der Waals surface area contributed by atoms with Gasteiger partial charge in [-0.2, -0.15) is 0 Å². The van der Waals surface area contributed by atoms with Crippen LogP contribution in [0.2, 0.25) is 4.47 Å². The second-order valence-electron chi connectivity index (χ2n) is 3.99. The number of nitrogens with one attached hydrogen (secondary N) is 1. The Morgan fingerprint density at radius 1 is 1.32 bits per heavy atom. The molecular weight excluding hydrogens is 360 g/mol. The first-order chi connectivity index (χ1) is 9.09. The zero-order valence-corrected chi connectivity index (χ0v) is 12.9. The van der Waals surface area contributed by atoms with Gasteiger partial charge in [-0.25, -0.2) is 0 Å². The van der Waals surface area contributed by atoms with E-state index in [2.05, 4.69) is 17.4 Å². The molecule has 0 aliphatic carbocycles. The number of carboxylic acids is 1. The molecule has 19 heavy (non-hydrogen) atoms. The van der Waals surface area contributed by atoms with Gasteiger partial charge in [0, 0.05) is 0 Å². The molecule has 0 radical (unpaired) electrons. The van der Waals surface area contributed by atoms with Gasteiger partial charge in [0.1, 0.15) is 0 Å². The van der Waals surface area contributed by atoms with E-state index in [1.54, 1.807) is 0 Å². The summed E-state index contributed by atoms with van der Waals surface area (Å²) in [4.78, 5) is 21.9. The van der Waals surface area contributed by atoms with Crippen LogP contribution in [0.1, 0.15) is 12.8 Å². The minimum atomic E-state index is -1.07. The van der Waals surface area contributed by atoms with Gasteiger partial charge in [-0.1, -0.05) is 0 Å². The Kier molecular flexibility index (Phi) is 7.49. The second-order valence-corrected chi connectivity index (χ2v) is 7.33. The number of carbonyl (C=O) groups is 2. The van der Waals surface area contributed by atoms with E-state index in [1.165, 1.54) is 3.61 Å². The molecule has 1 aromatic carbocycles. The number of amides is 1. The Bertz CT molecular complexity index is 412. The van der Waals surface area contributed by atoms with Gasteiger partial charge in [-0.15, -0.1) is 0 Å². The van der Waals surface area contributed by atoms with Crippen LogP contribution < -0.4 is 14.7 Å². The molecular formula is C13H18N2O3Te. The molecule has 1 aromatic rings. The average molecular weight is 378 g/mol. The topological polar surface area (TPSA) is 92.4 Å². The van der Waals surface area contributed by atoms with Gasteiger partial charge in [-0.3, -0.25) is 0 Å². The number of carboxylic acid groups (broad SMARTS) is 1. The third kappa shape index (κ3) is 7.16. The molecule has 0 fully saturated rings. The molecule has 0 spiro atoms. The molecule has 0 bridgehead atoms. The van der Waals surface area contributed by atoms with E-state index >= 15 is 0 Å². The summed E-state index contributed by atoms with van der Waals surface area (Å²) in [7, 11) is 0. The Balaban J connectivity index is 2.09. The Morgan fingerprint density at radius 3 is 2.63 bits per heavy atom. The summed E-state index contributed by atoms with van der Waals surface area (Å²) < 4.78 is 2.36. The van der Waals surface area contributed by atoms with Crippen LogP contribution in [0.3, 0.4) is 0 Å². The molecule has 0 aliphatic heterocycles. The number of benzene rings is 1. The van der Waals surface area contributed by atoms with Crippen molar-refractivity contribution in [1.29, 1.82) is 0 Å². The van der Waals surface area contributed by atoms with Crippen LogP contribution in [0.4, 0.5) is 0 Å². The first-order valence-electron chi connectivity index (χ1n) is 6.02. The molecule has 5 nitrogen and oxygen atoms in total. The summed E-state index contributed by atoms with van der Waals surface area (Å²) in [6.45, 7) is 0.651. The minimum absolute atomic E-state index is 0.128. The molecule has 0 heterocycles. The molecule has 0 aliphatic rings. The zero-order chi connectivity index (χ0) is 14.1. The van der Waals surface area contributed by atoms with Crippen LogP contribution in [0.5, 0.6) is 0 Å². The number of carbonyl (C=O) groups excluding carboxylic acids is 1. The number of rotatable bonds is 8. The maximum absolute atomic E-state index is 11.4. The summed E-state index contributed by atoms with van der Waals surface area (Å²) in [5.41, 5.74) is 5.32. The van der Waals surface area contributed by atoms with E-state index < -0.39 is 12.0 Å². The Hall–Kier alpha value is -1.09. The summed E-state index contributed by atoms with van der Waals surface area (Å²) >= 11 is -0.251. The Morgan fingerprint density at radius 2 is 2.00 bits per heavy atom. The molecule has 0 saturated carbocycles. The molecule has 6 heteroatoms. The monoisotopic (exact) mass is 380 g/mol. The van der Waals surface area contributed by atoms with E-state index in [0.29, 0.717) is 6.54 Å². The van der Waals surface area contributed by atoms with Crippen molar-refractivity contribution in [3.8, 4) is 0 Å². The standard InChI is InChI=1S/C13H18N2O3Te/c14-11(13(17)18)6-7-12(16)15-8-9-19-10-4-2-1-3-5-10/h1-5,11H,6-9,14H2,(H,15,16)(H,17,18). The molecule has 1 rings (SSSR count). The first kappa shape index (κ1) is 16.0. The van der Waals surface area contributed by atoms with Crippen LogP contribution >= 0.6 is 0 Å². The van der Waals surface area contributed by atoms with E-state index in [9.17, 15) is 9.59 Å². The summed E-state index contributed by atoms with van der Waals surface area (Å²) in [5, 5.41) is 11.4. The van der Waals surface area contributed by atoms with E-state index in [4.69, 9.17) is 10.8 Å². The van der Waals surface area contributed by atoms with Gasteiger partial charge in [0.05, 0.1) is 0 Å². The quantitative estimate of drug-likeness (QED) is 0.430. The van der Waals surface area contributed by atoms with E-state index in [1.807, 2.05) is 18.2 Å². The third-order valence-corrected chi connectivity index (χ3v) is 5.33. The van der Waals surface area contributed by atoms with Crippen molar-refractivity contribution in [1.82, 2.24) is 5.32 Å². The van der Waals surface area contributed by atoms with E-state index in [0.717, 1.165) is 4.47 Å². The van der Waals surface area contributed by atoms with Crippen molar-refractivity contribution in [2.75, 3.05) is 6.54 Å². The van der Waals surface area contributed by atoms with Crippen LogP contribution in [-0.2, 0) is 9.59 Å². The second kappa shape index (κ2) is 8.92. The fraction of sp³-hybridized carbons (Fsp3) is 0.385. The summed E-state index contributed by atoms with van der Waals surface area (Å²) in [6.07, 6.45) is 0.343. The fourth-order valence-electron chi connectivity index (χ4n) is 1.37. The molecule has 0 aromatic heterocycles. The van der Waals surface area contributed by atoms with Gasteiger partial charge >= 0.3 is 122 Å². The van der Waals surface area contributed by atoms with Gasteiger partial charge in [0.2, 0.25) is 0 Å². The Labute approximate surface area is 122 Å². The molecule has 1 amide bonds. The fourth-order valence-corrected chi connectivity index (χ4v) is 3.63.